The molecule has 3 aromatic rings. The predicted molar refractivity (Wildman–Crippen MR) is 121 cm³/mol. The largest absolute Gasteiger partial charge is 0.496 e. The molecule has 1 aliphatic rings. The number of carbonyl (C=O) groups is 2. The van der Waals surface area contributed by atoms with Gasteiger partial charge in [-0.2, -0.15) is 0 Å². The van der Waals surface area contributed by atoms with Gasteiger partial charge in [-0.25, -0.2) is 13.1 Å². The summed E-state index contributed by atoms with van der Waals surface area (Å²) >= 11 is 0. The van der Waals surface area contributed by atoms with Crippen molar-refractivity contribution in [2.45, 2.75) is 23.7 Å². The van der Waals surface area contributed by atoms with Crippen LogP contribution in [0.4, 0.5) is 0 Å². The van der Waals surface area contributed by atoms with E-state index in [2.05, 4.69) is 4.72 Å². The molecule has 0 fully saturated rings. The van der Waals surface area contributed by atoms with Gasteiger partial charge in [-0.15, -0.1) is 0 Å². The van der Waals surface area contributed by atoms with Gasteiger partial charge >= 0.3 is 0 Å². The number of ether oxygens (including phenoxy) is 1. The first-order valence-electron chi connectivity index (χ1n) is 10.2. The number of amides is 2. The van der Waals surface area contributed by atoms with E-state index in [0.717, 1.165) is 10.9 Å². The van der Waals surface area contributed by atoms with Crippen molar-refractivity contribution in [2.75, 3.05) is 21.2 Å². The number of sulfonamides is 1. The van der Waals surface area contributed by atoms with Crippen LogP contribution >= 0.6 is 0 Å². The molecule has 7 nitrogen and oxygen atoms in total. The third-order valence-electron chi connectivity index (χ3n) is 5.80. The van der Waals surface area contributed by atoms with E-state index in [1.807, 2.05) is 18.2 Å². The second kappa shape index (κ2) is 8.27. The molecule has 0 radical (unpaired) electrons. The van der Waals surface area contributed by atoms with Gasteiger partial charge in [0, 0.05) is 30.6 Å². The van der Waals surface area contributed by atoms with Gasteiger partial charge in [-0.3, -0.25) is 9.59 Å². The van der Waals surface area contributed by atoms with Gasteiger partial charge in [0.15, 0.2) is 0 Å². The molecule has 0 bridgehead atoms. The molecule has 3 aromatic carbocycles. The molecule has 166 valence electrons. The van der Waals surface area contributed by atoms with Crippen molar-refractivity contribution < 1.29 is 22.7 Å². The number of hydrogen-bond acceptors (Lipinski definition) is 5. The smallest absolute Gasteiger partial charge is 0.264 e. The number of nitrogens with zero attached hydrogens (tertiary/aromatic N) is 1. The summed E-state index contributed by atoms with van der Waals surface area (Å²) in [6.45, 7) is 0. The van der Waals surface area contributed by atoms with Crippen LogP contribution in [0.3, 0.4) is 0 Å². The van der Waals surface area contributed by atoms with Gasteiger partial charge in [0.05, 0.1) is 17.9 Å². The van der Waals surface area contributed by atoms with Crippen LogP contribution in [-0.2, 0) is 21.2 Å². The number of rotatable bonds is 5. The minimum Gasteiger partial charge on any atom is -0.496 e. The average Bonchev–Trinajstić information content (AvgIpc) is 3.22. The number of methoxy groups -OCH3 is 1. The number of benzene rings is 3. The average molecular weight is 453 g/mol. The number of carbonyl (C=O) groups excluding carboxylic acids is 2. The van der Waals surface area contributed by atoms with Crippen LogP contribution in [0.25, 0.3) is 10.8 Å². The standard InChI is InChI=1S/C24H24N2O5S/c1-26(2)24(28)18-13-14-20(31-3)22-17(18)11-12-19(22)23(27)25-32(29,30)21-10-6-8-15-7-4-5-9-16(15)21/h4-10,13-14,19H,11-12H2,1-3H3,(H,25,27). The fraction of sp³-hybridized carbons (Fsp3) is 0.250. The second-order valence-electron chi connectivity index (χ2n) is 7.95. The Balaban J connectivity index is 1.71. The molecule has 1 atom stereocenters. The van der Waals surface area contributed by atoms with E-state index in [0.29, 0.717) is 35.1 Å². The summed E-state index contributed by atoms with van der Waals surface area (Å²) in [7, 11) is 0.711. The third kappa shape index (κ3) is 3.71. The zero-order valence-electron chi connectivity index (χ0n) is 18.1. The summed E-state index contributed by atoms with van der Waals surface area (Å²) in [6, 6.07) is 15.4. The highest BCUT2D eigenvalue weighted by Crippen LogP contribution is 2.42. The number of hydrogen-bond donors (Lipinski definition) is 1. The maximum atomic E-state index is 13.2. The Labute approximate surface area is 187 Å². The van der Waals surface area contributed by atoms with Gasteiger partial charge in [-0.1, -0.05) is 36.4 Å². The van der Waals surface area contributed by atoms with Crippen molar-refractivity contribution in [1.82, 2.24) is 9.62 Å². The first kappa shape index (κ1) is 21.8. The molecule has 0 spiro atoms. The van der Waals surface area contributed by atoms with Gasteiger partial charge in [0.25, 0.3) is 15.9 Å². The van der Waals surface area contributed by atoms with Crippen LogP contribution in [0.15, 0.2) is 59.5 Å². The van der Waals surface area contributed by atoms with Crippen LogP contribution in [0, 0.1) is 0 Å². The Kier molecular flexibility index (Phi) is 5.64. The van der Waals surface area contributed by atoms with Gasteiger partial charge in [-0.05, 0) is 42.0 Å². The molecule has 0 aliphatic heterocycles. The SMILES string of the molecule is COc1ccc(C(=O)N(C)C)c2c1C(C(=O)NS(=O)(=O)c1cccc3ccccc13)CC2. The molecule has 2 amide bonds. The summed E-state index contributed by atoms with van der Waals surface area (Å²) < 4.78 is 33.9. The lowest BCUT2D eigenvalue weighted by Crippen LogP contribution is -2.34. The number of nitrogens with one attached hydrogen (secondary N) is 1. The van der Waals surface area contributed by atoms with E-state index in [-0.39, 0.29) is 10.8 Å². The highest BCUT2D eigenvalue weighted by atomic mass is 32.2. The molecule has 8 heteroatoms. The van der Waals surface area contributed by atoms with E-state index in [1.54, 1.807) is 44.4 Å². The fourth-order valence-electron chi connectivity index (χ4n) is 4.30. The maximum absolute atomic E-state index is 13.2. The summed E-state index contributed by atoms with van der Waals surface area (Å²) in [5, 5.41) is 1.31. The van der Waals surface area contributed by atoms with E-state index in [4.69, 9.17) is 4.74 Å². The lowest BCUT2D eigenvalue weighted by Gasteiger charge is -2.18. The molecular formula is C24H24N2O5S. The third-order valence-corrected chi connectivity index (χ3v) is 7.20. The van der Waals surface area contributed by atoms with Crippen LogP contribution in [0.5, 0.6) is 5.75 Å². The van der Waals surface area contributed by atoms with Crippen molar-refractivity contribution in [3.8, 4) is 5.75 Å². The summed E-state index contributed by atoms with van der Waals surface area (Å²) in [6.07, 6.45) is 0.869. The second-order valence-corrected chi connectivity index (χ2v) is 9.60. The minimum absolute atomic E-state index is 0.0469. The van der Waals surface area contributed by atoms with E-state index >= 15 is 0 Å². The lowest BCUT2D eigenvalue weighted by atomic mass is 9.96. The molecule has 0 heterocycles. The zero-order chi connectivity index (χ0) is 23.0. The Morgan fingerprint density at radius 3 is 2.47 bits per heavy atom. The van der Waals surface area contributed by atoms with E-state index < -0.39 is 21.8 Å². The Bertz CT molecular complexity index is 1330. The van der Waals surface area contributed by atoms with Crippen molar-refractivity contribution in [2.24, 2.45) is 0 Å². The molecule has 0 saturated carbocycles. The van der Waals surface area contributed by atoms with Crippen molar-refractivity contribution in [3.63, 3.8) is 0 Å². The normalized spacial score (nSPS) is 15.3. The first-order valence-corrected chi connectivity index (χ1v) is 11.7. The molecule has 4 rings (SSSR count). The lowest BCUT2D eigenvalue weighted by molar-refractivity contribution is -0.120. The molecular weight excluding hydrogens is 428 g/mol. The van der Waals surface area contributed by atoms with E-state index in [9.17, 15) is 18.0 Å². The van der Waals surface area contributed by atoms with Crippen LogP contribution in [0.1, 0.15) is 33.8 Å². The van der Waals surface area contributed by atoms with Crippen molar-refractivity contribution in [3.05, 3.63) is 71.3 Å². The minimum atomic E-state index is -4.10. The quantitative estimate of drug-likeness (QED) is 0.642. The van der Waals surface area contributed by atoms with Gasteiger partial charge in [0.1, 0.15) is 5.75 Å². The van der Waals surface area contributed by atoms with Crippen molar-refractivity contribution in [1.29, 1.82) is 0 Å². The highest BCUT2D eigenvalue weighted by molar-refractivity contribution is 7.90. The Morgan fingerprint density at radius 2 is 1.75 bits per heavy atom. The predicted octanol–water partition coefficient (Wildman–Crippen LogP) is 3.09. The Morgan fingerprint density at radius 1 is 1.03 bits per heavy atom. The van der Waals surface area contributed by atoms with Gasteiger partial charge < -0.3 is 9.64 Å². The fourth-order valence-corrected chi connectivity index (χ4v) is 5.55. The topological polar surface area (TPSA) is 92.8 Å². The monoisotopic (exact) mass is 452 g/mol. The van der Waals surface area contributed by atoms with E-state index in [1.165, 1.54) is 18.1 Å². The summed E-state index contributed by atoms with van der Waals surface area (Å²) in [5.41, 5.74) is 1.80. The first-order chi connectivity index (χ1) is 15.2. The summed E-state index contributed by atoms with van der Waals surface area (Å²) in [5.74, 6) is -1.08. The Hall–Kier alpha value is -3.39. The molecule has 0 aromatic heterocycles. The molecule has 1 aliphatic carbocycles. The van der Waals surface area contributed by atoms with Gasteiger partial charge in [0.2, 0.25) is 5.91 Å². The molecule has 0 saturated heterocycles. The molecule has 1 N–H and O–H groups in total. The number of fused-ring (bicyclic) bond motifs is 2. The zero-order valence-corrected chi connectivity index (χ0v) is 18.9. The van der Waals surface area contributed by atoms with Crippen LogP contribution in [-0.4, -0.2) is 46.3 Å². The molecule has 32 heavy (non-hydrogen) atoms. The summed E-state index contributed by atoms with van der Waals surface area (Å²) in [4.78, 5) is 27.3. The van der Waals surface area contributed by atoms with Crippen LogP contribution < -0.4 is 9.46 Å². The highest BCUT2D eigenvalue weighted by Gasteiger charge is 2.36. The maximum Gasteiger partial charge on any atom is 0.264 e. The van der Waals surface area contributed by atoms with Crippen LogP contribution in [0.2, 0.25) is 0 Å². The van der Waals surface area contributed by atoms with Crippen molar-refractivity contribution >= 4 is 32.6 Å². The molecule has 1 unspecified atom stereocenters.